The number of hydrogen-bond acceptors (Lipinski definition) is 5. The first-order valence-electron chi connectivity index (χ1n) is 6.85. The van der Waals surface area contributed by atoms with Gasteiger partial charge >= 0.3 is 5.97 Å². The van der Waals surface area contributed by atoms with Crippen molar-refractivity contribution in [2.75, 3.05) is 27.9 Å². The van der Waals surface area contributed by atoms with Crippen LogP contribution in [-0.2, 0) is 4.79 Å². The van der Waals surface area contributed by atoms with E-state index >= 15 is 0 Å². The predicted molar refractivity (Wildman–Crippen MR) is 79.4 cm³/mol. The van der Waals surface area contributed by atoms with Crippen LogP contribution >= 0.6 is 0 Å². The minimum absolute atomic E-state index is 0.440. The van der Waals surface area contributed by atoms with Crippen molar-refractivity contribution in [1.29, 1.82) is 0 Å². The number of carboxylic acid groups (broad SMARTS) is 1. The van der Waals surface area contributed by atoms with Crippen molar-refractivity contribution in [3.8, 4) is 17.2 Å². The van der Waals surface area contributed by atoms with E-state index in [2.05, 4.69) is 12.2 Å². The first-order chi connectivity index (χ1) is 10.1. The summed E-state index contributed by atoms with van der Waals surface area (Å²) in [6, 6.07) is 2.49. The predicted octanol–water partition coefficient (Wildman–Crippen LogP) is 2.23. The molecule has 2 N–H and O–H groups in total. The molecule has 0 saturated carbocycles. The molecular formula is C15H23NO5. The first kappa shape index (κ1) is 17.1. The lowest BCUT2D eigenvalue weighted by Crippen LogP contribution is -2.29. The molecule has 0 bridgehead atoms. The van der Waals surface area contributed by atoms with Crippen LogP contribution in [0.2, 0.25) is 0 Å². The summed E-state index contributed by atoms with van der Waals surface area (Å²) in [6.07, 6.45) is 1.91. The Hall–Kier alpha value is -1.95. The third kappa shape index (κ3) is 4.26. The number of ether oxygens (including phenoxy) is 3. The highest BCUT2D eigenvalue weighted by molar-refractivity contribution is 5.76. The Balaban J connectivity index is 3.15. The zero-order valence-electron chi connectivity index (χ0n) is 12.9. The fraction of sp³-hybridized carbons (Fsp3) is 0.533. The Morgan fingerprint density at radius 3 is 2.14 bits per heavy atom. The Morgan fingerprint density at radius 1 is 1.19 bits per heavy atom. The van der Waals surface area contributed by atoms with Crippen LogP contribution < -0.4 is 19.5 Å². The number of benzene rings is 1. The molecule has 0 aliphatic heterocycles. The molecule has 1 rings (SSSR count). The van der Waals surface area contributed by atoms with Crippen molar-refractivity contribution in [3.05, 3.63) is 17.7 Å². The normalized spacial score (nSPS) is 11.8. The van der Waals surface area contributed by atoms with Crippen LogP contribution in [0.15, 0.2) is 12.1 Å². The minimum atomic E-state index is -0.944. The SMILES string of the molecule is CCCCNC(C(=O)O)c1cc(OC)c(OC)c(OC)c1. The largest absolute Gasteiger partial charge is 0.493 e. The Labute approximate surface area is 125 Å². The number of hydrogen-bond donors (Lipinski definition) is 2. The molecule has 0 heterocycles. The highest BCUT2D eigenvalue weighted by Gasteiger charge is 2.23. The van der Waals surface area contributed by atoms with Gasteiger partial charge in [-0.3, -0.25) is 4.79 Å². The average molecular weight is 297 g/mol. The van der Waals surface area contributed by atoms with Crippen molar-refractivity contribution in [1.82, 2.24) is 5.32 Å². The maximum absolute atomic E-state index is 11.5. The van der Waals surface area contributed by atoms with Crippen LogP contribution in [0.4, 0.5) is 0 Å². The molecular weight excluding hydrogens is 274 g/mol. The lowest BCUT2D eigenvalue weighted by Gasteiger charge is -2.19. The van der Waals surface area contributed by atoms with Crippen LogP contribution in [0.5, 0.6) is 17.2 Å². The summed E-state index contributed by atoms with van der Waals surface area (Å²) in [5.74, 6) is 0.382. The van der Waals surface area contributed by atoms with Crippen LogP contribution in [0, 0.1) is 0 Å². The van der Waals surface area contributed by atoms with Crippen molar-refractivity contribution < 1.29 is 24.1 Å². The van der Waals surface area contributed by atoms with E-state index < -0.39 is 12.0 Å². The Kier molecular flexibility index (Phi) is 6.81. The lowest BCUT2D eigenvalue weighted by molar-refractivity contribution is -0.139. The molecule has 6 nitrogen and oxygen atoms in total. The fourth-order valence-corrected chi connectivity index (χ4v) is 2.04. The van der Waals surface area contributed by atoms with Gasteiger partial charge in [-0.1, -0.05) is 13.3 Å². The van der Waals surface area contributed by atoms with Crippen molar-refractivity contribution in [3.63, 3.8) is 0 Å². The smallest absolute Gasteiger partial charge is 0.325 e. The molecule has 6 heteroatoms. The van der Waals surface area contributed by atoms with Gasteiger partial charge in [0.15, 0.2) is 11.5 Å². The third-order valence-corrected chi connectivity index (χ3v) is 3.15. The van der Waals surface area contributed by atoms with E-state index in [9.17, 15) is 9.90 Å². The summed E-state index contributed by atoms with van der Waals surface area (Å²) < 4.78 is 15.7. The second kappa shape index (κ2) is 8.36. The van der Waals surface area contributed by atoms with Crippen molar-refractivity contribution >= 4 is 5.97 Å². The van der Waals surface area contributed by atoms with Gasteiger partial charge in [0.2, 0.25) is 5.75 Å². The third-order valence-electron chi connectivity index (χ3n) is 3.15. The quantitative estimate of drug-likeness (QED) is 0.681. The summed E-state index contributed by atoms with van der Waals surface area (Å²) in [5, 5.41) is 12.4. The van der Waals surface area contributed by atoms with Gasteiger partial charge in [0.05, 0.1) is 21.3 Å². The highest BCUT2D eigenvalue weighted by atomic mass is 16.5. The van der Waals surface area contributed by atoms with Gasteiger partial charge in [-0.2, -0.15) is 0 Å². The fourth-order valence-electron chi connectivity index (χ4n) is 2.04. The molecule has 0 aliphatic rings. The second-order valence-corrected chi connectivity index (χ2v) is 4.54. The van der Waals surface area contributed by atoms with Crippen molar-refractivity contribution in [2.45, 2.75) is 25.8 Å². The Morgan fingerprint density at radius 2 is 1.76 bits per heavy atom. The molecule has 0 aliphatic carbocycles. The zero-order chi connectivity index (χ0) is 15.8. The number of carbonyl (C=O) groups is 1. The van der Waals surface area contributed by atoms with Gasteiger partial charge < -0.3 is 24.6 Å². The molecule has 0 spiro atoms. The molecule has 118 valence electrons. The van der Waals surface area contributed by atoms with E-state index in [4.69, 9.17) is 14.2 Å². The van der Waals surface area contributed by atoms with Gasteiger partial charge in [0, 0.05) is 0 Å². The molecule has 0 fully saturated rings. The molecule has 1 unspecified atom stereocenters. The summed E-state index contributed by atoms with van der Waals surface area (Å²) >= 11 is 0. The van der Waals surface area contributed by atoms with E-state index in [0.717, 1.165) is 12.8 Å². The van der Waals surface area contributed by atoms with E-state index in [0.29, 0.717) is 29.4 Å². The molecule has 1 aromatic carbocycles. The first-order valence-corrected chi connectivity index (χ1v) is 6.85. The Bertz CT molecular complexity index is 450. The molecule has 0 radical (unpaired) electrons. The standard InChI is InChI=1S/C15H23NO5/c1-5-6-7-16-13(15(17)18)10-8-11(19-2)14(21-4)12(9-10)20-3/h8-9,13,16H,5-7H2,1-4H3,(H,17,18). The highest BCUT2D eigenvalue weighted by Crippen LogP contribution is 2.39. The van der Waals surface area contributed by atoms with Crippen LogP contribution in [0.25, 0.3) is 0 Å². The summed E-state index contributed by atoms with van der Waals surface area (Å²) in [5.41, 5.74) is 0.563. The molecule has 21 heavy (non-hydrogen) atoms. The molecule has 0 saturated heterocycles. The molecule has 1 aromatic rings. The second-order valence-electron chi connectivity index (χ2n) is 4.54. The maximum Gasteiger partial charge on any atom is 0.325 e. The van der Waals surface area contributed by atoms with Crippen LogP contribution in [0.1, 0.15) is 31.4 Å². The minimum Gasteiger partial charge on any atom is -0.493 e. The number of unbranched alkanes of at least 4 members (excludes halogenated alkanes) is 1. The lowest BCUT2D eigenvalue weighted by atomic mass is 10.1. The summed E-state index contributed by atoms with van der Waals surface area (Å²) in [4.78, 5) is 11.5. The molecule has 0 aromatic heterocycles. The van der Waals surface area contributed by atoms with Crippen LogP contribution in [0.3, 0.4) is 0 Å². The zero-order valence-corrected chi connectivity index (χ0v) is 12.9. The van der Waals surface area contributed by atoms with Crippen LogP contribution in [-0.4, -0.2) is 38.9 Å². The van der Waals surface area contributed by atoms with Gasteiger partial charge in [-0.15, -0.1) is 0 Å². The maximum atomic E-state index is 11.5. The van der Waals surface area contributed by atoms with E-state index in [1.807, 2.05) is 0 Å². The number of aliphatic carboxylic acids is 1. The molecule has 1 atom stereocenters. The van der Waals surface area contributed by atoms with Gasteiger partial charge in [-0.25, -0.2) is 0 Å². The van der Waals surface area contributed by atoms with E-state index in [1.54, 1.807) is 12.1 Å². The number of rotatable bonds is 9. The average Bonchev–Trinajstić information content (AvgIpc) is 2.49. The van der Waals surface area contributed by atoms with Gasteiger partial charge in [-0.05, 0) is 30.7 Å². The topological polar surface area (TPSA) is 77.0 Å². The summed E-state index contributed by atoms with van der Waals surface area (Å²) in [7, 11) is 4.51. The van der Waals surface area contributed by atoms with E-state index in [1.165, 1.54) is 21.3 Å². The van der Waals surface area contributed by atoms with E-state index in [-0.39, 0.29) is 0 Å². The number of carboxylic acids is 1. The van der Waals surface area contributed by atoms with Crippen molar-refractivity contribution in [2.24, 2.45) is 0 Å². The number of nitrogens with one attached hydrogen (secondary N) is 1. The monoisotopic (exact) mass is 297 g/mol. The van der Waals surface area contributed by atoms with Gasteiger partial charge in [0.1, 0.15) is 6.04 Å². The summed E-state index contributed by atoms with van der Waals surface area (Å²) in [6.45, 7) is 2.68. The van der Waals surface area contributed by atoms with Gasteiger partial charge in [0.25, 0.3) is 0 Å². The molecule has 0 amide bonds. The number of methoxy groups -OCH3 is 3.